The number of rotatable bonds is 22. The van der Waals surface area contributed by atoms with Gasteiger partial charge in [-0.25, -0.2) is 42.8 Å². The van der Waals surface area contributed by atoms with Crippen molar-refractivity contribution >= 4 is 92.6 Å². The maximum Gasteiger partial charge on any atom is 0.490 e. The summed E-state index contributed by atoms with van der Waals surface area (Å²) in [4.78, 5) is 96.3. The molecule has 6 aromatic heterocycles. The van der Waals surface area contributed by atoms with Gasteiger partial charge in [0, 0.05) is 7.11 Å². The lowest BCUT2D eigenvalue weighted by molar-refractivity contribution is -0.745. The number of nitrogens with zero attached hydrogens (tertiary/aromatic N) is 10. The minimum absolute atomic E-state index is 0.0129. The summed E-state index contributed by atoms with van der Waals surface area (Å²) in [5.41, 5.74) is 15.2. The van der Waals surface area contributed by atoms with Crippen molar-refractivity contribution in [1.82, 2.24) is 53.6 Å². The van der Waals surface area contributed by atoms with Gasteiger partial charge in [-0.2, -0.15) is 22.0 Å². The van der Waals surface area contributed by atoms with E-state index in [0.29, 0.717) is 0 Å². The van der Waals surface area contributed by atoms with Crippen LogP contribution in [0.15, 0.2) is 34.9 Å². The summed E-state index contributed by atoms with van der Waals surface area (Å²) in [6.45, 7) is -2.42. The molecule has 9 rings (SSSR count). The fourth-order valence-corrected chi connectivity index (χ4v) is 13.8. The van der Waals surface area contributed by atoms with Crippen molar-refractivity contribution in [2.45, 2.75) is 80.5 Å². The average molecular weight is 1240 g/mol. The molecule has 41 nitrogen and oxygen atoms in total. The van der Waals surface area contributed by atoms with Gasteiger partial charge in [0.2, 0.25) is 17.7 Å². The summed E-state index contributed by atoms with van der Waals surface area (Å²) in [7, 11) is -25.8. The molecule has 0 amide bonds. The number of nitrogens with two attached hydrogens (primary N) is 3. The lowest BCUT2D eigenvalue weighted by atomic mass is 10.1. The van der Waals surface area contributed by atoms with E-state index in [2.05, 4.69) is 48.5 Å². The smallest absolute Gasteiger partial charge is 0.387 e. The van der Waals surface area contributed by atoms with E-state index >= 15 is 0 Å². The number of phosphoric acid groups is 4. The standard InChI is InChI=1S/C34H47N15O26P4S/c1-4-80(63,64)73-21-13(70-31(20(21)52)49-11-46(2)17-27(49)43-34(37)45-29(17)54)6-67-77(57,58)74-79(61,62)75-78(59,60)68-7-14-22(23(65-3)32(71-14)47-9-40-15-24(35)38-8-39-25(15)47)72-76(55,56)66-5-12-18(50)19(51)30(69-12)48-10-41-16-26(48)42-33(36)44-28(16)53/h8-14,18-23,30-32,50-52H,4-7H2,1-3H3,(H11-,35,36,37,38,39,42,43,44,45,53,54,55,56,57,58,59,60,61,62)/p+1/t12-,13-,14-,18+,19?,20?,21+,22+,23?,30-,31-,32-/m1/s1. The Bertz CT molecular complexity index is 3770. The highest BCUT2D eigenvalue weighted by molar-refractivity contribution is 7.86. The number of aryl methyl sites for hydroxylation is 1. The molecular weight excluding hydrogens is 1190 g/mol. The predicted molar refractivity (Wildman–Crippen MR) is 257 cm³/mol. The van der Waals surface area contributed by atoms with Crippen LogP contribution < -0.4 is 32.9 Å². The largest absolute Gasteiger partial charge is 0.490 e. The van der Waals surface area contributed by atoms with E-state index in [4.69, 9.17) is 58.4 Å². The molecule has 440 valence electrons. The molecule has 0 aromatic carbocycles. The SMILES string of the molecule is CCS(=O)(=O)O[C@@H]1C(O)[C@H]([n+]2cn(C)c3c(=O)[nH]c(N)nc32)O[C@@H]1COP(=O)(O)OP(=O)(O)OP(=O)(O)OC[C@H]1O[C@@H](n2cnc3c(N)ncnc32)C(OC)[C@H]1OP(=O)(O)OC[C@H]1O[C@@H](n2cnc3c(=O)[nH]c(N)nc32)C(O)[C@H]1O. The number of methoxy groups -OCH3 is 1. The van der Waals surface area contributed by atoms with E-state index in [9.17, 15) is 71.2 Å². The van der Waals surface area contributed by atoms with E-state index in [-0.39, 0.29) is 51.2 Å². The van der Waals surface area contributed by atoms with E-state index < -0.39 is 152 Å². The van der Waals surface area contributed by atoms with Crippen LogP contribution in [0.5, 0.6) is 0 Å². The van der Waals surface area contributed by atoms with Gasteiger partial charge in [0.05, 0.1) is 45.3 Å². The molecule has 0 aliphatic carbocycles. The molecule has 0 saturated carbocycles. The van der Waals surface area contributed by atoms with Crippen molar-refractivity contribution in [3.05, 3.63) is 46.0 Å². The number of aliphatic hydroxyl groups excluding tert-OH is 3. The van der Waals surface area contributed by atoms with Gasteiger partial charge in [0.1, 0.15) is 66.8 Å². The molecule has 15 N–H and O–H groups in total. The zero-order chi connectivity index (χ0) is 58.2. The molecule has 6 aromatic rings. The quantitative estimate of drug-likeness (QED) is 0.0174. The first-order chi connectivity index (χ1) is 37.4. The molecule has 0 bridgehead atoms. The molecule has 9 heterocycles. The number of H-pyrrole nitrogens is 2. The number of anilines is 3. The predicted octanol–water partition coefficient (Wildman–Crippen LogP) is -4.34. The maximum absolute atomic E-state index is 13.7. The van der Waals surface area contributed by atoms with Gasteiger partial charge < -0.3 is 71.0 Å². The van der Waals surface area contributed by atoms with Gasteiger partial charge in [0.25, 0.3) is 27.2 Å². The van der Waals surface area contributed by atoms with Gasteiger partial charge in [-0.3, -0.25) is 55.5 Å². The summed E-state index contributed by atoms with van der Waals surface area (Å²) in [6, 6.07) is 0. The van der Waals surface area contributed by atoms with Crippen LogP contribution in [-0.2, 0) is 85.3 Å². The van der Waals surface area contributed by atoms with Gasteiger partial charge in [-0.05, 0) is 6.92 Å². The minimum Gasteiger partial charge on any atom is -0.387 e. The average Bonchev–Trinajstić information content (AvgIpc) is 4.25. The molecule has 0 radical (unpaired) electrons. The molecule has 3 aliphatic heterocycles. The van der Waals surface area contributed by atoms with Crippen LogP contribution in [0.3, 0.4) is 0 Å². The van der Waals surface area contributed by atoms with Crippen LogP contribution in [0.1, 0.15) is 25.6 Å². The monoisotopic (exact) mass is 1240 g/mol. The van der Waals surface area contributed by atoms with Gasteiger partial charge in [-0.15, -0.1) is 0 Å². The van der Waals surface area contributed by atoms with Crippen molar-refractivity contribution in [1.29, 1.82) is 0 Å². The lowest BCUT2D eigenvalue weighted by Gasteiger charge is -2.26. The third kappa shape index (κ3) is 12.1. The van der Waals surface area contributed by atoms with E-state index in [0.717, 1.165) is 35.2 Å². The van der Waals surface area contributed by atoms with Crippen molar-refractivity contribution in [2.24, 2.45) is 7.05 Å². The second-order valence-corrected chi connectivity index (χ2v) is 25.3. The molecule has 3 aliphatic rings. The van der Waals surface area contributed by atoms with Crippen molar-refractivity contribution in [3.63, 3.8) is 0 Å². The Hall–Kier alpha value is -5.20. The highest BCUT2D eigenvalue weighted by Gasteiger charge is 2.55. The third-order valence-electron chi connectivity index (χ3n) is 12.1. The maximum atomic E-state index is 13.7. The Morgan fingerprint density at radius 2 is 1.27 bits per heavy atom. The summed E-state index contributed by atoms with van der Waals surface area (Å²) >= 11 is 0. The first kappa shape index (κ1) is 59.4. The Morgan fingerprint density at radius 1 is 0.700 bits per heavy atom. The number of hydrogen-bond donors (Lipinski definition) is 12. The van der Waals surface area contributed by atoms with Crippen LogP contribution >= 0.6 is 31.3 Å². The van der Waals surface area contributed by atoms with Gasteiger partial charge in [-0.1, -0.05) is 4.98 Å². The number of imidazole rings is 3. The van der Waals surface area contributed by atoms with Crippen LogP contribution in [-0.4, -0.2) is 185 Å². The van der Waals surface area contributed by atoms with E-state index in [1.165, 1.54) is 29.4 Å². The van der Waals surface area contributed by atoms with Crippen LogP contribution in [0.4, 0.5) is 17.7 Å². The van der Waals surface area contributed by atoms with Crippen LogP contribution in [0.2, 0.25) is 0 Å². The first-order valence-corrected chi connectivity index (χ1v) is 30.2. The Morgan fingerprint density at radius 3 is 1.93 bits per heavy atom. The van der Waals surface area contributed by atoms with Crippen LogP contribution in [0.25, 0.3) is 33.5 Å². The molecular formula is C34H48N15O26P4S+. The van der Waals surface area contributed by atoms with Crippen molar-refractivity contribution < 1.29 is 116 Å². The van der Waals surface area contributed by atoms with Crippen molar-refractivity contribution in [2.75, 3.05) is 49.9 Å². The zero-order valence-electron chi connectivity index (χ0n) is 40.9. The number of aromatic amines is 2. The number of aliphatic hydroxyl groups is 3. The molecule has 46 heteroatoms. The topological polar surface area (TPSA) is 585 Å². The number of fused-ring (bicyclic) bond motifs is 3. The number of phosphoric ester groups is 3. The number of nitrogen functional groups attached to an aromatic ring is 3. The lowest BCUT2D eigenvalue weighted by Crippen LogP contribution is -2.47. The summed E-state index contributed by atoms with van der Waals surface area (Å²) in [6.07, 6.45) is -16.7. The van der Waals surface area contributed by atoms with E-state index in [1.54, 1.807) is 0 Å². The van der Waals surface area contributed by atoms with Gasteiger partial charge >= 0.3 is 36.9 Å². The number of nitrogens with one attached hydrogen (secondary N) is 2. The Labute approximate surface area is 444 Å². The Kier molecular flexibility index (Phi) is 16.5. The normalized spacial score (nSPS) is 29.5. The molecule has 3 saturated heterocycles. The summed E-state index contributed by atoms with van der Waals surface area (Å²) in [5, 5.41) is 33.0. The highest BCUT2D eigenvalue weighted by atomic mass is 32.2. The second kappa shape index (κ2) is 22.2. The number of aromatic nitrogens is 12. The van der Waals surface area contributed by atoms with Crippen LogP contribution in [0, 0.1) is 0 Å². The molecule has 80 heavy (non-hydrogen) atoms. The van der Waals surface area contributed by atoms with Crippen molar-refractivity contribution in [3.8, 4) is 0 Å². The zero-order valence-corrected chi connectivity index (χ0v) is 45.2. The summed E-state index contributed by atoms with van der Waals surface area (Å²) < 4.78 is 140. The first-order valence-electron chi connectivity index (χ1n) is 22.6. The molecule has 7 unspecified atom stereocenters. The fourth-order valence-electron chi connectivity index (χ4n) is 8.63. The fraction of sp³-hybridized carbons (Fsp3) is 0.559. The molecule has 3 fully saturated rings. The highest BCUT2D eigenvalue weighted by Crippen LogP contribution is 2.68. The molecule has 0 spiro atoms. The third-order valence-corrected chi connectivity index (χ3v) is 18.6. The minimum atomic E-state index is -6.31. The van der Waals surface area contributed by atoms with Gasteiger partial charge in [0.15, 0.2) is 41.4 Å². The summed E-state index contributed by atoms with van der Waals surface area (Å²) in [5.74, 6) is -1.45. The second-order valence-electron chi connectivity index (χ2n) is 17.4. The van der Waals surface area contributed by atoms with E-state index in [1.807, 2.05) is 0 Å². The number of hydrogen-bond acceptors (Lipinski definition) is 31. The Balaban J connectivity index is 0.881. The molecule has 16 atom stereocenters. The number of ether oxygens (including phenoxy) is 4.